The minimum atomic E-state index is -0.394. The number of hydrogen-bond acceptors (Lipinski definition) is 4. The lowest BCUT2D eigenvalue weighted by atomic mass is 10.2. The van der Waals surface area contributed by atoms with Gasteiger partial charge in [-0.25, -0.2) is 4.39 Å². The van der Waals surface area contributed by atoms with Crippen LogP contribution in [0.15, 0.2) is 24.3 Å². The molecule has 2 rings (SSSR count). The zero-order valence-corrected chi connectivity index (χ0v) is 9.48. The van der Waals surface area contributed by atoms with Gasteiger partial charge in [-0.15, -0.1) is 0 Å². The molecule has 1 aliphatic rings. The Labute approximate surface area is 98.7 Å². The van der Waals surface area contributed by atoms with Gasteiger partial charge in [0.2, 0.25) is 0 Å². The first-order valence-electron chi connectivity index (χ1n) is 5.43. The van der Waals surface area contributed by atoms with E-state index in [0.29, 0.717) is 13.0 Å². The molecule has 5 heteroatoms. The van der Waals surface area contributed by atoms with Gasteiger partial charge in [0.25, 0.3) is 0 Å². The van der Waals surface area contributed by atoms with Gasteiger partial charge in [0.1, 0.15) is 12.1 Å². The van der Waals surface area contributed by atoms with Crippen molar-refractivity contribution in [2.45, 2.75) is 18.6 Å². The number of nitrogens with one attached hydrogen (secondary N) is 1. The van der Waals surface area contributed by atoms with Crippen molar-refractivity contribution in [1.29, 1.82) is 0 Å². The third-order valence-corrected chi connectivity index (χ3v) is 2.71. The maximum Gasteiger partial charge on any atom is 0.323 e. The summed E-state index contributed by atoms with van der Waals surface area (Å²) in [6.45, 7) is 0.508. The molecule has 0 aromatic heterocycles. The molecule has 4 nitrogen and oxygen atoms in total. The van der Waals surface area contributed by atoms with Gasteiger partial charge in [-0.3, -0.25) is 4.79 Å². The highest BCUT2D eigenvalue weighted by molar-refractivity contribution is 5.76. The van der Waals surface area contributed by atoms with E-state index in [1.807, 2.05) is 0 Å². The molecule has 0 radical (unpaired) electrons. The molecule has 1 fully saturated rings. The Balaban J connectivity index is 1.94. The van der Waals surface area contributed by atoms with E-state index < -0.39 is 5.82 Å². The summed E-state index contributed by atoms with van der Waals surface area (Å²) in [4.78, 5) is 11.3. The van der Waals surface area contributed by atoms with Gasteiger partial charge in [0, 0.05) is 13.0 Å². The first-order chi connectivity index (χ1) is 8.20. The number of halogens is 1. The maximum absolute atomic E-state index is 13.3. The van der Waals surface area contributed by atoms with E-state index in [0.717, 1.165) is 0 Å². The number of esters is 1. The van der Waals surface area contributed by atoms with Crippen LogP contribution >= 0.6 is 0 Å². The standard InChI is InChI=1S/C12H14FNO3/c1-16-12(15)10-6-8(7-14-10)17-11-5-3-2-4-9(11)13/h2-5,8,10,14H,6-7H2,1H3. The number of para-hydroxylation sites is 1. The van der Waals surface area contributed by atoms with Crippen LogP contribution in [0.4, 0.5) is 4.39 Å². The minimum absolute atomic E-state index is 0.212. The topological polar surface area (TPSA) is 47.6 Å². The van der Waals surface area contributed by atoms with E-state index in [9.17, 15) is 9.18 Å². The molecular formula is C12H14FNO3. The fourth-order valence-electron chi connectivity index (χ4n) is 1.83. The fraction of sp³-hybridized carbons (Fsp3) is 0.417. The number of carbonyl (C=O) groups excluding carboxylic acids is 1. The van der Waals surface area contributed by atoms with Gasteiger partial charge in [0.05, 0.1) is 7.11 Å². The second-order valence-corrected chi connectivity index (χ2v) is 3.89. The number of carbonyl (C=O) groups is 1. The molecule has 0 bridgehead atoms. The van der Waals surface area contributed by atoms with Crippen molar-refractivity contribution >= 4 is 5.97 Å². The molecule has 1 N–H and O–H groups in total. The van der Waals surface area contributed by atoms with Crippen molar-refractivity contribution in [2.75, 3.05) is 13.7 Å². The Morgan fingerprint density at radius 3 is 2.94 bits per heavy atom. The zero-order valence-electron chi connectivity index (χ0n) is 9.48. The Kier molecular flexibility index (Phi) is 3.58. The van der Waals surface area contributed by atoms with Crippen molar-refractivity contribution in [3.63, 3.8) is 0 Å². The van der Waals surface area contributed by atoms with Gasteiger partial charge >= 0.3 is 5.97 Å². The first kappa shape index (κ1) is 11.9. The number of rotatable bonds is 3. The van der Waals surface area contributed by atoms with Crippen LogP contribution < -0.4 is 10.1 Å². The molecule has 2 atom stereocenters. The van der Waals surface area contributed by atoms with Crippen LogP contribution in [-0.4, -0.2) is 31.8 Å². The van der Waals surface area contributed by atoms with Crippen LogP contribution in [0.5, 0.6) is 5.75 Å². The monoisotopic (exact) mass is 239 g/mol. The fourth-order valence-corrected chi connectivity index (χ4v) is 1.83. The lowest BCUT2D eigenvalue weighted by Gasteiger charge is -2.13. The molecule has 0 spiro atoms. The van der Waals surface area contributed by atoms with Crippen molar-refractivity contribution in [1.82, 2.24) is 5.32 Å². The largest absolute Gasteiger partial charge is 0.486 e. The Bertz CT molecular complexity index is 410. The Morgan fingerprint density at radius 1 is 1.47 bits per heavy atom. The summed E-state index contributed by atoms with van der Waals surface area (Å²) in [5, 5.41) is 2.98. The average Bonchev–Trinajstić information content (AvgIpc) is 2.80. The van der Waals surface area contributed by atoms with Crippen LogP contribution in [0, 0.1) is 5.82 Å². The lowest BCUT2D eigenvalue weighted by Crippen LogP contribution is -2.31. The molecule has 1 aromatic rings. The van der Waals surface area contributed by atoms with E-state index in [4.69, 9.17) is 4.74 Å². The summed E-state index contributed by atoms with van der Waals surface area (Å²) in [6, 6.07) is 5.86. The quantitative estimate of drug-likeness (QED) is 0.803. The molecule has 0 amide bonds. The van der Waals surface area contributed by atoms with Crippen LogP contribution in [0.25, 0.3) is 0 Å². The molecule has 1 heterocycles. The van der Waals surface area contributed by atoms with E-state index >= 15 is 0 Å². The van der Waals surface area contributed by atoms with Crippen LogP contribution in [0.2, 0.25) is 0 Å². The zero-order chi connectivity index (χ0) is 12.3. The molecule has 0 aliphatic carbocycles. The van der Waals surface area contributed by atoms with Crippen LogP contribution in [0.1, 0.15) is 6.42 Å². The predicted octanol–water partition coefficient (Wildman–Crippen LogP) is 1.11. The highest BCUT2D eigenvalue weighted by atomic mass is 19.1. The van der Waals surface area contributed by atoms with Crippen molar-refractivity contribution in [3.05, 3.63) is 30.1 Å². The second kappa shape index (κ2) is 5.14. The van der Waals surface area contributed by atoms with Gasteiger partial charge in [-0.2, -0.15) is 0 Å². The number of methoxy groups -OCH3 is 1. The first-order valence-corrected chi connectivity index (χ1v) is 5.43. The highest BCUT2D eigenvalue weighted by Crippen LogP contribution is 2.20. The maximum atomic E-state index is 13.3. The van der Waals surface area contributed by atoms with E-state index in [1.165, 1.54) is 13.2 Å². The van der Waals surface area contributed by atoms with Crippen molar-refractivity contribution < 1.29 is 18.7 Å². The summed E-state index contributed by atoms with van der Waals surface area (Å²) in [7, 11) is 1.34. The minimum Gasteiger partial charge on any atom is -0.486 e. The summed E-state index contributed by atoms with van der Waals surface area (Å²) in [6.07, 6.45) is 0.275. The molecule has 2 unspecified atom stereocenters. The molecular weight excluding hydrogens is 225 g/mol. The van der Waals surface area contributed by atoms with Crippen LogP contribution in [0.3, 0.4) is 0 Å². The third-order valence-electron chi connectivity index (χ3n) is 2.71. The Morgan fingerprint density at radius 2 is 2.24 bits per heavy atom. The Hall–Kier alpha value is -1.62. The molecule has 0 saturated carbocycles. The highest BCUT2D eigenvalue weighted by Gasteiger charge is 2.31. The van der Waals surface area contributed by atoms with Gasteiger partial charge in [-0.1, -0.05) is 12.1 Å². The summed E-state index contributed by atoms with van der Waals surface area (Å²) >= 11 is 0. The molecule has 17 heavy (non-hydrogen) atoms. The molecule has 1 aromatic carbocycles. The second-order valence-electron chi connectivity index (χ2n) is 3.89. The molecule has 1 aliphatic heterocycles. The summed E-state index contributed by atoms with van der Waals surface area (Å²) in [5.41, 5.74) is 0. The third kappa shape index (κ3) is 2.74. The van der Waals surface area contributed by atoms with Gasteiger partial charge in [-0.05, 0) is 12.1 Å². The van der Waals surface area contributed by atoms with E-state index in [-0.39, 0.29) is 23.9 Å². The summed E-state index contributed by atoms with van der Waals surface area (Å²) in [5.74, 6) is -0.497. The smallest absolute Gasteiger partial charge is 0.323 e. The summed E-state index contributed by atoms with van der Waals surface area (Å²) < 4.78 is 23.4. The normalized spacial score (nSPS) is 23.4. The van der Waals surface area contributed by atoms with E-state index in [1.54, 1.807) is 18.2 Å². The van der Waals surface area contributed by atoms with E-state index in [2.05, 4.69) is 10.1 Å². The average molecular weight is 239 g/mol. The molecule has 1 saturated heterocycles. The number of hydrogen-bond donors (Lipinski definition) is 1. The van der Waals surface area contributed by atoms with Crippen molar-refractivity contribution in [2.24, 2.45) is 0 Å². The van der Waals surface area contributed by atoms with Gasteiger partial charge in [0.15, 0.2) is 11.6 Å². The number of benzene rings is 1. The molecule has 92 valence electrons. The van der Waals surface area contributed by atoms with Crippen LogP contribution in [-0.2, 0) is 9.53 Å². The van der Waals surface area contributed by atoms with Gasteiger partial charge < -0.3 is 14.8 Å². The predicted molar refractivity (Wildman–Crippen MR) is 59.2 cm³/mol. The van der Waals surface area contributed by atoms with Crippen molar-refractivity contribution in [3.8, 4) is 5.75 Å². The lowest BCUT2D eigenvalue weighted by molar-refractivity contribution is -0.142. The number of ether oxygens (including phenoxy) is 2. The SMILES string of the molecule is COC(=O)C1CC(Oc2ccccc2F)CN1.